The van der Waals surface area contributed by atoms with Gasteiger partial charge in [0.15, 0.2) is 0 Å². The molecule has 0 unspecified atom stereocenters. The zero-order valence-electron chi connectivity index (χ0n) is 11.5. The molecule has 0 saturated heterocycles. The molecule has 6 nitrogen and oxygen atoms in total. The van der Waals surface area contributed by atoms with Gasteiger partial charge in [-0.05, 0) is 47.1 Å². The van der Waals surface area contributed by atoms with Crippen LogP contribution < -0.4 is 9.46 Å². The summed E-state index contributed by atoms with van der Waals surface area (Å²) in [6, 6.07) is 6.33. The molecule has 114 valence electrons. The van der Waals surface area contributed by atoms with Crippen molar-refractivity contribution in [3.8, 4) is 5.75 Å². The predicted molar refractivity (Wildman–Crippen MR) is 82.7 cm³/mol. The van der Waals surface area contributed by atoms with Crippen molar-refractivity contribution in [1.29, 1.82) is 0 Å². The van der Waals surface area contributed by atoms with E-state index in [1.807, 2.05) is 6.92 Å². The third kappa shape index (κ3) is 4.55. The summed E-state index contributed by atoms with van der Waals surface area (Å²) in [7, 11) is -3.51. The van der Waals surface area contributed by atoms with Crippen molar-refractivity contribution < 1.29 is 13.2 Å². The van der Waals surface area contributed by atoms with Gasteiger partial charge in [-0.1, -0.05) is 0 Å². The molecule has 2 rings (SSSR count). The Hall–Kier alpha value is -1.38. The lowest BCUT2D eigenvalue weighted by Crippen LogP contribution is -2.27. The normalized spacial score (nSPS) is 11.5. The number of nitrogens with zero attached hydrogens (tertiary/aromatic N) is 2. The van der Waals surface area contributed by atoms with E-state index in [9.17, 15) is 8.42 Å². The van der Waals surface area contributed by atoms with Gasteiger partial charge in [0.05, 0.1) is 28.7 Å². The van der Waals surface area contributed by atoms with Crippen molar-refractivity contribution >= 4 is 26.0 Å². The Morgan fingerprint density at radius 2 is 2.05 bits per heavy atom. The second-order valence-electron chi connectivity index (χ2n) is 4.22. The van der Waals surface area contributed by atoms with Crippen molar-refractivity contribution in [1.82, 2.24) is 14.5 Å². The Balaban J connectivity index is 1.94. The van der Waals surface area contributed by atoms with Crippen LogP contribution in [0.25, 0.3) is 0 Å². The molecular formula is C13H16BrN3O3S. The topological polar surface area (TPSA) is 73.2 Å². The molecule has 0 amide bonds. The summed E-state index contributed by atoms with van der Waals surface area (Å²) in [6.45, 7) is 3.15. The Labute approximate surface area is 132 Å². The fraction of sp³-hybridized carbons (Fsp3) is 0.308. The molecule has 0 bridgehead atoms. The minimum Gasteiger partial charge on any atom is -0.494 e. The van der Waals surface area contributed by atoms with Crippen LogP contribution in [0.5, 0.6) is 5.75 Å². The monoisotopic (exact) mass is 373 g/mol. The number of aromatic nitrogens is 2. The van der Waals surface area contributed by atoms with Crippen molar-refractivity contribution in [3.05, 3.63) is 41.1 Å². The largest absolute Gasteiger partial charge is 0.494 e. The first-order valence-electron chi connectivity index (χ1n) is 6.42. The van der Waals surface area contributed by atoms with Crippen LogP contribution in [0.2, 0.25) is 0 Å². The van der Waals surface area contributed by atoms with E-state index in [0.29, 0.717) is 18.9 Å². The quantitative estimate of drug-likeness (QED) is 0.805. The molecule has 0 atom stereocenters. The van der Waals surface area contributed by atoms with Crippen LogP contribution in [0, 0.1) is 0 Å². The SMILES string of the molecule is CCOc1ccc(S(=O)(=O)NCCn2cc(Br)cn2)cc1. The predicted octanol–water partition coefficient (Wildman–Crippen LogP) is 2.02. The summed E-state index contributed by atoms with van der Waals surface area (Å²) < 4.78 is 34.6. The zero-order valence-corrected chi connectivity index (χ0v) is 13.9. The lowest BCUT2D eigenvalue weighted by molar-refractivity contribution is 0.340. The number of ether oxygens (including phenoxy) is 1. The number of rotatable bonds is 7. The van der Waals surface area contributed by atoms with E-state index in [1.54, 1.807) is 29.2 Å². The highest BCUT2D eigenvalue weighted by Gasteiger charge is 2.13. The van der Waals surface area contributed by atoms with Crippen LogP contribution in [-0.2, 0) is 16.6 Å². The number of hydrogen-bond acceptors (Lipinski definition) is 4. The molecule has 8 heteroatoms. The first kappa shape index (κ1) is 16.0. The summed E-state index contributed by atoms with van der Waals surface area (Å²) >= 11 is 3.29. The molecule has 0 spiro atoms. The average Bonchev–Trinajstić information content (AvgIpc) is 2.85. The van der Waals surface area contributed by atoms with Crippen LogP contribution in [0.15, 0.2) is 46.0 Å². The molecule has 0 radical (unpaired) electrons. The molecule has 2 aromatic rings. The van der Waals surface area contributed by atoms with Gasteiger partial charge in [0.25, 0.3) is 0 Å². The highest BCUT2D eigenvalue weighted by Crippen LogP contribution is 2.15. The molecule has 0 aliphatic carbocycles. The number of hydrogen-bond donors (Lipinski definition) is 1. The maximum atomic E-state index is 12.1. The molecule has 1 aromatic carbocycles. The number of halogens is 1. The molecule has 21 heavy (non-hydrogen) atoms. The first-order valence-corrected chi connectivity index (χ1v) is 8.69. The van der Waals surface area contributed by atoms with E-state index < -0.39 is 10.0 Å². The van der Waals surface area contributed by atoms with Crippen LogP contribution >= 0.6 is 15.9 Å². The fourth-order valence-corrected chi connectivity index (χ4v) is 3.07. The molecule has 0 fully saturated rings. The van der Waals surface area contributed by atoms with Gasteiger partial charge in [0.2, 0.25) is 10.0 Å². The van der Waals surface area contributed by atoms with Crippen molar-refractivity contribution in [2.45, 2.75) is 18.4 Å². The minimum absolute atomic E-state index is 0.215. The van der Waals surface area contributed by atoms with Gasteiger partial charge in [-0.25, -0.2) is 13.1 Å². The second-order valence-corrected chi connectivity index (χ2v) is 6.91. The minimum atomic E-state index is -3.51. The van der Waals surface area contributed by atoms with Gasteiger partial charge in [-0.2, -0.15) is 5.10 Å². The van der Waals surface area contributed by atoms with Crippen molar-refractivity contribution in [3.63, 3.8) is 0 Å². The van der Waals surface area contributed by atoms with E-state index in [-0.39, 0.29) is 11.4 Å². The van der Waals surface area contributed by atoms with E-state index in [1.165, 1.54) is 12.1 Å². The van der Waals surface area contributed by atoms with Crippen molar-refractivity contribution in [2.24, 2.45) is 0 Å². The highest BCUT2D eigenvalue weighted by molar-refractivity contribution is 9.10. The van der Waals surface area contributed by atoms with Crippen LogP contribution in [-0.4, -0.2) is 31.3 Å². The van der Waals surface area contributed by atoms with Gasteiger partial charge in [-0.3, -0.25) is 4.68 Å². The molecule has 1 aromatic heterocycles. The fourth-order valence-electron chi connectivity index (χ4n) is 1.72. The lowest BCUT2D eigenvalue weighted by Gasteiger charge is -2.08. The third-order valence-electron chi connectivity index (χ3n) is 2.68. The molecule has 0 aliphatic heterocycles. The molecule has 0 saturated carbocycles. The van der Waals surface area contributed by atoms with E-state index in [4.69, 9.17) is 4.74 Å². The molecule has 1 heterocycles. The van der Waals surface area contributed by atoms with Crippen LogP contribution in [0.1, 0.15) is 6.92 Å². The maximum absolute atomic E-state index is 12.1. The van der Waals surface area contributed by atoms with E-state index in [2.05, 4.69) is 25.8 Å². The van der Waals surface area contributed by atoms with Gasteiger partial charge < -0.3 is 4.74 Å². The molecule has 0 aliphatic rings. The van der Waals surface area contributed by atoms with Gasteiger partial charge in [0.1, 0.15) is 5.75 Å². The molecular weight excluding hydrogens is 358 g/mol. The smallest absolute Gasteiger partial charge is 0.240 e. The standard InChI is InChI=1S/C13H16BrN3O3S/c1-2-20-12-3-5-13(6-4-12)21(18,19)16-7-8-17-10-11(14)9-15-17/h3-6,9-10,16H,2,7-8H2,1H3. The molecule has 1 N–H and O–H groups in total. The summed E-state index contributed by atoms with van der Waals surface area (Å²) in [5.74, 6) is 0.651. The van der Waals surface area contributed by atoms with Gasteiger partial charge >= 0.3 is 0 Å². The second kappa shape index (κ2) is 7.06. The van der Waals surface area contributed by atoms with Crippen LogP contribution in [0.4, 0.5) is 0 Å². The third-order valence-corrected chi connectivity index (χ3v) is 4.57. The summed E-state index contributed by atoms with van der Waals surface area (Å²) in [6.07, 6.45) is 3.44. The highest BCUT2D eigenvalue weighted by atomic mass is 79.9. The summed E-state index contributed by atoms with van der Waals surface area (Å²) in [5.41, 5.74) is 0. The van der Waals surface area contributed by atoms with E-state index in [0.717, 1.165) is 4.47 Å². The summed E-state index contributed by atoms with van der Waals surface area (Å²) in [5, 5.41) is 4.06. The average molecular weight is 374 g/mol. The Kier molecular flexibility index (Phi) is 5.38. The Morgan fingerprint density at radius 3 is 2.62 bits per heavy atom. The van der Waals surface area contributed by atoms with Crippen molar-refractivity contribution in [2.75, 3.05) is 13.2 Å². The Morgan fingerprint density at radius 1 is 1.33 bits per heavy atom. The maximum Gasteiger partial charge on any atom is 0.240 e. The van der Waals surface area contributed by atoms with Crippen LogP contribution in [0.3, 0.4) is 0 Å². The number of nitrogens with one attached hydrogen (secondary N) is 1. The number of sulfonamides is 1. The Bertz CT molecular complexity index is 683. The van der Waals surface area contributed by atoms with Gasteiger partial charge in [0, 0.05) is 12.7 Å². The lowest BCUT2D eigenvalue weighted by atomic mass is 10.3. The summed E-state index contributed by atoms with van der Waals surface area (Å²) in [4.78, 5) is 0.215. The first-order chi connectivity index (χ1) is 10.0. The zero-order chi connectivity index (χ0) is 15.3. The van der Waals surface area contributed by atoms with Gasteiger partial charge in [-0.15, -0.1) is 0 Å². The van der Waals surface area contributed by atoms with E-state index >= 15 is 0 Å². The number of benzene rings is 1.